The van der Waals surface area contributed by atoms with E-state index in [-0.39, 0.29) is 0 Å². The van der Waals surface area contributed by atoms with Gasteiger partial charge in [-0.25, -0.2) is 0 Å². The molecule has 2 unspecified atom stereocenters. The number of aryl methyl sites for hydroxylation is 1. The molecule has 3 heteroatoms. The highest BCUT2D eigenvalue weighted by molar-refractivity contribution is 5.36. The molecule has 2 rings (SSSR count). The predicted molar refractivity (Wildman–Crippen MR) is 74.8 cm³/mol. The zero-order chi connectivity index (χ0) is 13.1. The van der Waals surface area contributed by atoms with Gasteiger partial charge in [0.25, 0.3) is 0 Å². The fraction of sp³-hybridized carbons (Fsp3) is 0.600. The smallest absolute Gasteiger partial charge is 0.123 e. The number of nitrogens with two attached hydrogens (primary N) is 1. The molecule has 0 bridgehead atoms. The second-order valence-corrected chi connectivity index (χ2v) is 5.43. The SMILES string of the molecule is COc1ccc(C)cc1CN1CC(CN)CC1C. The Bertz CT molecular complexity index is 405. The fourth-order valence-corrected chi connectivity index (χ4v) is 2.86. The minimum atomic E-state index is 0.615. The summed E-state index contributed by atoms with van der Waals surface area (Å²) in [5.74, 6) is 1.64. The Labute approximate surface area is 110 Å². The van der Waals surface area contributed by atoms with Crippen LogP contribution in [0.15, 0.2) is 18.2 Å². The summed E-state index contributed by atoms with van der Waals surface area (Å²) in [5.41, 5.74) is 8.35. The Morgan fingerprint density at radius 1 is 1.44 bits per heavy atom. The first-order valence-electron chi connectivity index (χ1n) is 6.71. The Kier molecular flexibility index (Phi) is 4.25. The van der Waals surface area contributed by atoms with E-state index in [4.69, 9.17) is 10.5 Å². The van der Waals surface area contributed by atoms with E-state index in [1.165, 1.54) is 17.5 Å². The van der Waals surface area contributed by atoms with Crippen molar-refractivity contribution in [3.63, 3.8) is 0 Å². The first-order valence-corrected chi connectivity index (χ1v) is 6.71. The van der Waals surface area contributed by atoms with Gasteiger partial charge in [-0.05, 0) is 38.8 Å². The second kappa shape index (κ2) is 5.72. The van der Waals surface area contributed by atoms with Crippen LogP contribution in [0.3, 0.4) is 0 Å². The first kappa shape index (κ1) is 13.4. The topological polar surface area (TPSA) is 38.5 Å². The molecule has 1 aromatic carbocycles. The van der Waals surface area contributed by atoms with Gasteiger partial charge in [0.05, 0.1) is 7.11 Å². The van der Waals surface area contributed by atoms with Crippen molar-refractivity contribution in [2.24, 2.45) is 11.7 Å². The van der Waals surface area contributed by atoms with Gasteiger partial charge >= 0.3 is 0 Å². The van der Waals surface area contributed by atoms with Crippen molar-refractivity contribution in [3.05, 3.63) is 29.3 Å². The summed E-state index contributed by atoms with van der Waals surface area (Å²) in [6.45, 7) is 7.28. The third-order valence-electron chi connectivity index (χ3n) is 3.93. The van der Waals surface area contributed by atoms with Crippen LogP contribution in [0.5, 0.6) is 5.75 Å². The molecule has 0 saturated carbocycles. The molecule has 0 amide bonds. The van der Waals surface area contributed by atoms with Crippen LogP contribution in [0.2, 0.25) is 0 Å². The van der Waals surface area contributed by atoms with Gasteiger partial charge in [0.1, 0.15) is 5.75 Å². The highest BCUT2D eigenvalue weighted by Crippen LogP contribution is 2.27. The van der Waals surface area contributed by atoms with E-state index >= 15 is 0 Å². The standard InChI is InChI=1S/C15H24N2O/c1-11-4-5-15(18-3)14(6-11)10-17-9-13(8-16)7-12(17)2/h4-6,12-13H,7-10,16H2,1-3H3. The van der Waals surface area contributed by atoms with E-state index in [0.717, 1.165) is 25.4 Å². The summed E-state index contributed by atoms with van der Waals surface area (Å²) in [4.78, 5) is 2.51. The molecular weight excluding hydrogens is 224 g/mol. The summed E-state index contributed by atoms with van der Waals surface area (Å²) in [5, 5.41) is 0. The number of benzene rings is 1. The lowest BCUT2D eigenvalue weighted by Crippen LogP contribution is -2.27. The van der Waals surface area contributed by atoms with Gasteiger partial charge in [-0.2, -0.15) is 0 Å². The van der Waals surface area contributed by atoms with Gasteiger partial charge in [-0.15, -0.1) is 0 Å². The molecule has 2 N–H and O–H groups in total. The quantitative estimate of drug-likeness (QED) is 0.887. The Morgan fingerprint density at radius 3 is 2.83 bits per heavy atom. The van der Waals surface area contributed by atoms with E-state index in [1.54, 1.807) is 7.11 Å². The summed E-state index contributed by atoms with van der Waals surface area (Å²) in [6.07, 6.45) is 1.21. The molecule has 0 aromatic heterocycles. The van der Waals surface area contributed by atoms with Crippen molar-refractivity contribution in [2.45, 2.75) is 32.9 Å². The molecule has 1 aliphatic rings. The number of hydrogen-bond acceptors (Lipinski definition) is 3. The second-order valence-electron chi connectivity index (χ2n) is 5.43. The van der Waals surface area contributed by atoms with Gasteiger partial charge < -0.3 is 10.5 Å². The largest absolute Gasteiger partial charge is 0.496 e. The van der Waals surface area contributed by atoms with Gasteiger partial charge in [0.15, 0.2) is 0 Å². The number of likely N-dealkylation sites (tertiary alicyclic amines) is 1. The minimum absolute atomic E-state index is 0.615. The Balaban J connectivity index is 2.11. The lowest BCUT2D eigenvalue weighted by Gasteiger charge is -2.22. The summed E-state index contributed by atoms with van der Waals surface area (Å²) in [7, 11) is 1.74. The molecular formula is C15H24N2O. The van der Waals surface area contributed by atoms with Crippen LogP contribution in [0.25, 0.3) is 0 Å². The predicted octanol–water partition coefficient (Wildman–Crippen LogP) is 2.17. The van der Waals surface area contributed by atoms with Gasteiger partial charge in [-0.3, -0.25) is 4.90 Å². The molecule has 3 nitrogen and oxygen atoms in total. The molecule has 1 saturated heterocycles. The minimum Gasteiger partial charge on any atom is -0.496 e. The van der Waals surface area contributed by atoms with Crippen LogP contribution in [-0.4, -0.2) is 31.1 Å². The van der Waals surface area contributed by atoms with Crippen molar-refractivity contribution in [3.8, 4) is 5.75 Å². The fourth-order valence-electron chi connectivity index (χ4n) is 2.86. The Hall–Kier alpha value is -1.06. The summed E-state index contributed by atoms with van der Waals surface area (Å²) < 4.78 is 5.45. The van der Waals surface area contributed by atoms with Crippen LogP contribution in [0, 0.1) is 12.8 Å². The molecule has 0 spiro atoms. The van der Waals surface area contributed by atoms with E-state index in [1.807, 2.05) is 0 Å². The normalized spacial score (nSPS) is 24.4. The van der Waals surface area contributed by atoms with Gasteiger partial charge in [0.2, 0.25) is 0 Å². The maximum Gasteiger partial charge on any atom is 0.123 e. The summed E-state index contributed by atoms with van der Waals surface area (Å²) in [6, 6.07) is 7.00. The molecule has 1 heterocycles. The Morgan fingerprint density at radius 2 is 2.22 bits per heavy atom. The average molecular weight is 248 g/mol. The average Bonchev–Trinajstić information content (AvgIpc) is 2.71. The van der Waals surface area contributed by atoms with Crippen molar-refractivity contribution < 1.29 is 4.74 Å². The number of nitrogens with zero attached hydrogens (tertiary/aromatic N) is 1. The molecule has 1 aromatic rings. The number of ether oxygens (including phenoxy) is 1. The lowest BCUT2D eigenvalue weighted by atomic mass is 10.1. The maximum absolute atomic E-state index is 5.78. The molecule has 2 atom stereocenters. The molecule has 18 heavy (non-hydrogen) atoms. The van der Waals surface area contributed by atoms with E-state index in [2.05, 4.69) is 36.9 Å². The molecule has 100 valence electrons. The summed E-state index contributed by atoms with van der Waals surface area (Å²) >= 11 is 0. The van der Waals surface area contributed by atoms with E-state index in [0.29, 0.717) is 12.0 Å². The maximum atomic E-state index is 5.78. The molecule has 0 radical (unpaired) electrons. The number of hydrogen-bond donors (Lipinski definition) is 1. The van der Waals surface area contributed by atoms with Crippen LogP contribution in [-0.2, 0) is 6.54 Å². The molecule has 0 aliphatic carbocycles. The van der Waals surface area contributed by atoms with Gasteiger partial charge in [-0.1, -0.05) is 17.7 Å². The highest BCUT2D eigenvalue weighted by atomic mass is 16.5. The van der Waals surface area contributed by atoms with Crippen LogP contribution in [0.4, 0.5) is 0 Å². The van der Waals surface area contributed by atoms with Crippen molar-refractivity contribution in [1.29, 1.82) is 0 Å². The zero-order valence-electron chi connectivity index (χ0n) is 11.6. The van der Waals surface area contributed by atoms with Crippen LogP contribution >= 0.6 is 0 Å². The number of methoxy groups -OCH3 is 1. The third-order valence-corrected chi connectivity index (χ3v) is 3.93. The van der Waals surface area contributed by atoms with E-state index in [9.17, 15) is 0 Å². The van der Waals surface area contributed by atoms with Gasteiger partial charge in [0, 0.05) is 24.7 Å². The highest BCUT2D eigenvalue weighted by Gasteiger charge is 2.28. The lowest BCUT2D eigenvalue weighted by molar-refractivity contribution is 0.251. The van der Waals surface area contributed by atoms with E-state index < -0.39 is 0 Å². The van der Waals surface area contributed by atoms with Crippen molar-refractivity contribution in [1.82, 2.24) is 4.90 Å². The molecule has 1 aliphatic heterocycles. The zero-order valence-corrected chi connectivity index (χ0v) is 11.6. The third kappa shape index (κ3) is 2.85. The van der Waals surface area contributed by atoms with Crippen LogP contribution < -0.4 is 10.5 Å². The molecule has 1 fully saturated rings. The number of rotatable bonds is 4. The van der Waals surface area contributed by atoms with Crippen LogP contribution in [0.1, 0.15) is 24.5 Å². The van der Waals surface area contributed by atoms with Crippen molar-refractivity contribution >= 4 is 0 Å². The first-order chi connectivity index (χ1) is 8.63. The monoisotopic (exact) mass is 248 g/mol. The van der Waals surface area contributed by atoms with Crippen molar-refractivity contribution in [2.75, 3.05) is 20.2 Å².